The van der Waals surface area contributed by atoms with E-state index in [4.69, 9.17) is 9.47 Å². The van der Waals surface area contributed by atoms with Gasteiger partial charge in [0.05, 0.1) is 17.4 Å². The molecular weight excluding hydrogens is 468 g/mol. The van der Waals surface area contributed by atoms with E-state index in [0.717, 1.165) is 65.1 Å². The third-order valence-corrected chi connectivity index (χ3v) is 8.02. The van der Waals surface area contributed by atoms with Crippen molar-refractivity contribution in [3.8, 4) is 11.5 Å². The molecule has 36 heavy (non-hydrogen) atoms. The number of hydrogen-bond acceptors (Lipinski definition) is 6. The highest BCUT2D eigenvalue weighted by atomic mass is 32.2. The first kappa shape index (κ1) is 26.0. The molecule has 0 radical (unpaired) electrons. The van der Waals surface area contributed by atoms with Gasteiger partial charge in [0.15, 0.2) is 0 Å². The molecule has 5 nitrogen and oxygen atoms in total. The van der Waals surface area contributed by atoms with Crippen LogP contribution in [0.25, 0.3) is 0 Å². The Morgan fingerprint density at radius 3 is 1.83 bits per heavy atom. The van der Waals surface area contributed by atoms with Crippen LogP contribution in [0.4, 0.5) is 11.4 Å². The fourth-order valence-corrected chi connectivity index (χ4v) is 6.05. The molecule has 1 heterocycles. The van der Waals surface area contributed by atoms with Crippen LogP contribution in [-0.2, 0) is 4.74 Å². The van der Waals surface area contributed by atoms with E-state index in [1.807, 2.05) is 31.2 Å². The van der Waals surface area contributed by atoms with Gasteiger partial charge in [-0.3, -0.25) is 0 Å². The van der Waals surface area contributed by atoms with Gasteiger partial charge in [-0.1, -0.05) is 24.3 Å². The van der Waals surface area contributed by atoms with E-state index in [2.05, 4.69) is 73.9 Å². The lowest BCUT2D eigenvalue weighted by Crippen LogP contribution is -2.22. The monoisotopic (exact) mass is 504 g/mol. The predicted octanol–water partition coefficient (Wildman–Crippen LogP) is 7.54. The van der Waals surface area contributed by atoms with Crippen molar-refractivity contribution in [1.29, 1.82) is 0 Å². The van der Waals surface area contributed by atoms with Crippen molar-refractivity contribution in [3.05, 3.63) is 77.4 Å². The zero-order valence-electron chi connectivity index (χ0n) is 21.9. The normalized spacial score (nSPS) is 12.4. The maximum Gasteiger partial charge on any atom is 0.339 e. The summed E-state index contributed by atoms with van der Waals surface area (Å²) in [5.41, 5.74) is 5.12. The first-order chi connectivity index (χ1) is 17.5. The number of carbonyl (C=O) groups excluding carboxylic acids is 1. The van der Waals surface area contributed by atoms with Gasteiger partial charge in [-0.25, -0.2) is 4.79 Å². The number of benzene rings is 3. The Labute approximate surface area is 219 Å². The second kappa shape index (κ2) is 11.7. The molecule has 0 saturated carbocycles. The third-order valence-electron chi connectivity index (χ3n) is 6.66. The minimum Gasteiger partial charge on any atom is -0.462 e. The van der Waals surface area contributed by atoms with E-state index in [-0.39, 0.29) is 11.2 Å². The van der Waals surface area contributed by atoms with Gasteiger partial charge in [-0.05, 0) is 58.9 Å². The molecule has 1 aliphatic heterocycles. The van der Waals surface area contributed by atoms with Crippen LogP contribution in [-0.4, -0.2) is 38.8 Å². The largest absolute Gasteiger partial charge is 0.462 e. The molecule has 0 atom stereocenters. The lowest BCUT2D eigenvalue weighted by molar-refractivity contribution is 0.0522. The van der Waals surface area contributed by atoms with Crippen LogP contribution in [0.2, 0.25) is 0 Å². The molecule has 3 aromatic carbocycles. The Kier molecular flexibility index (Phi) is 8.47. The molecule has 0 aromatic heterocycles. The van der Waals surface area contributed by atoms with Crippen molar-refractivity contribution in [1.82, 2.24) is 0 Å². The predicted molar refractivity (Wildman–Crippen MR) is 150 cm³/mol. The number of rotatable bonds is 10. The topological polar surface area (TPSA) is 42.0 Å². The molecule has 1 aliphatic rings. The Morgan fingerprint density at radius 2 is 1.33 bits per heavy atom. The van der Waals surface area contributed by atoms with Crippen LogP contribution in [0.5, 0.6) is 11.5 Å². The van der Waals surface area contributed by atoms with Crippen molar-refractivity contribution in [2.75, 3.05) is 42.6 Å². The van der Waals surface area contributed by atoms with Crippen LogP contribution >= 0.6 is 11.8 Å². The van der Waals surface area contributed by atoms with Gasteiger partial charge in [-0.15, -0.1) is 11.8 Å². The molecule has 0 unspecified atom stereocenters. The van der Waals surface area contributed by atoms with Crippen LogP contribution in [0.3, 0.4) is 0 Å². The van der Waals surface area contributed by atoms with Crippen LogP contribution in [0, 0.1) is 0 Å². The highest BCUT2D eigenvalue weighted by molar-refractivity contribution is 7.99. The molecule has 3 aromatic rings. The van der Waals surface area contributed by atoms with E-state index in [9.17, 15) is 4.79 Å². The van der Waals surface area contributed by atoms with Crippen molar-refractivity contribution in [2.45, 2.75) is 44.8 Å². The number of hydrogen-bond donors (Lipinski definition) is 0. The van der Waals surface area contributed by atoms with Gasteiger partial charge < -0.3 is 19.3 Å². The van der Waals surface area contributed by atoms with Gasteiger partial charge in [0.25, 0.3) is 0 Å². The van der Waals surface area contributed by atoms with E-state index < -0.39 is 0 Å². The Balaban J connectivity index is 1.81. The van der Waals surface area contributed by atoms with Crippen molar-refractivity contribution in [2.24, 2.45) is 0 Å². The summed E-state index contributed by atoms with van der Waals surface area (Å²) in [7, 11) is 0. The lowest BCUT2D eigenvalue weighted by atomic mass is 9.98. The molecule has 0 amide bonds. The van der Waals surface area contributed by atoms with E-state index in [1.165, 1.54) is 0 Å². The number of nitrogens with zero attached hydrogens (tertiary/aromatic N) is 2. The number of fused-ring (bicyclic) bond motifs is 2. The summed E-state index contributed by atoms with van der Waals surface area (Å²) in [6, 6.07) is 20.7. The quantitative estimate of drug-likeness (QED) is 0.266. The van der Waals surface area contributed by atoms with Gasteiger partial charge in [0.2, 0.25) is 0 Å². The number of ether oxygens (including phenoxy) is 2. The maximum atomic E-state index is 12.7. The zero-order valence-corrected chi connectivity index (χ0v) is 22.7. The van der Waals surface area contributed by atoms with E-state index in [0.29, 0.717) is 12.2 Å². The van der Waals surface area contributed by atoms with Gasteiger partial charge in [0.1, 0.15) is 11.5 Å². The molecule has 0 fully saturated rings. The Morgan fingerprint density at radius 1 is 0.806 bits per heavy atom. The summed E-state index contributed by atoms with van der Waals surface area (Å²) < 4.78 is 11.9. The van der Waals surface area contributed by atoms with Crippen LogP contribution in [0.1, 0.15) is 61.4 Å². The molecule has 190 valence electrons. The fraction of sp³-hybridized carbons (Fsp3) is 0.367. The number of carbonyl (C=O) groups is 1. The molecular formula is C30H36N2O3S. The second-order valence-electron chi connectivity index (χ2n) is 8.61. The van der Waals surface area contributed by atoms with Crippen molar-refractivity contribution >= 4 is 29.1 Å². The summed E-state index contributed by atoms with van der Waals surface area (Å²) in [5, 5.41) is -0.0177. The Hall–Kier alpha value is -3.12. The Bertz CT molecular complexity index is 1140. The molecule has 0 N–H and O–H groups in total. The average molecular weight is 505 g/mol. The van der Waals surface area contributed by atoms with Gasteiger partial charge in [0, 0.05) is 65.7 Å². The van der Waals surface area contributed by atoms with E-state index in [1.54, 1.807) is 11.8 Å². The minimum atomic E-state index is -0.290. The van der Waals surface area contributed by atoms with E-state index >= 15 is 0 Å². The molecule has 4 rings (SSSR count). The minimum absolute atomic E-state index is 0.0177. The summed E-state index contributed by atoms with van der Waals surface area (Å²) in [6.45, 7) is 14.6. The summed E-state index contributed by atoms with van der Waals surface area (Å²) in [6.07, 6.45) is 0. The summed E-state index contributed by atoms with van der Waals surface area (Å²) in [5.74, 6) is 1.45. The first-order valence-corrected chi connectivity index (χ1v) is 13.8. The molecule has 0 aliphatic carbocycles. The fourth-order valence-electron chi connectivity index (χ4n) is 4.71. The van der Waals surface area contributed by atoms with Crippen LogP contribution < -0.4 is 14.5 Å². The van der Waals surface area contributed by atoms with Crippen LogP contribution in [0.15, 0.2) is 65.6 Å². The van der Waals surface area contributed by atoms with Crippen molar-refractivity contribution < 1.29 is 14.3 Å². The third kappa shape index (κ3) is 5.19. The molecule has 0 saturated heterocycles. The summed E-state index contributed by atoms with van der Waals surface area (Å²) >= 11 is 1.67. The zero-order chi connectivity index (χ0) is 25.7. The standard InChI is InChI=1S/C30H36N2O3S/c1-6-31(7-2)21-15-17-23-26(19-21)35-27-20-22(32(8-3)9-4)16-18-24(27)29(23)36-28-14-12-11-13-25(28)30(33)34-10-5/h11-20,29H,6-10H2,1-5H3. The highest BCUT2D eigenvalue weighted by Crippen LogP contribution is 2.53. The highest BCUT2D eigenvalue weighted by Gasteiger charge is 2.30. The van der Waals surface area contributed by atoms with Gasteiger partial charge in [-0.2, -0.15) is 0 Å². The second-order valence-corrected chi connectivity index (χ2v) is 9.75. The van der Waals surface area contributed by atoms with Gasteiger partial charge >= 0.3 is 5.97 Å². The average Bonchev–Trinajstić information content (AvgIpc) is 2.90. The molecule has 6 heteroatoms. The number of thioether (sulfide) groups is 1. The SMILES string of the molecule is CCOC(=O)c1ccccc1SC1c2ccc(N(CC)CC)cc2Oc2cc(N(CC)CC)ccc21. The first-order valence-electron chi connectivity index (χ1n) is 12.9. The molecule has 0 bridgehead atoms. The lowest BCUT2D eigenvalue weighted by Gasteiger charge is -2.31. The number of esters is 1. The van der Waals surface area contributed by atoms with Crippen molar-refractivity contribution in [3.63, 3.8) is 0 Å². The smallest absolute Gasteiger partial charge is 0.339 e. The summed E-state index contributed by atoms with van der Waals surface area (Å²) in [4.78, 5) is 18.2. The molecule has 0 spiro atoms. The number of anilines is 2. The maximum absolute atomic E-state index is 12.7.